The summed E-state index contributed by atoms with van der Waals surface area (Å²) in [4.78, 5) is 12.5. The van der Waals surface area contributed by atoms with Crippen LogP contribution in [0.3, 0.4) is 0 Å². The van der Waals surface area contributed by atoms with Crippen molar-refractivity contribution >= 4 is 33.2 Å². The number of benzene rings is 2. The van der Waals surface area contributed by atoms with Crippen LogP contribution in [0, 0.1) is 13.8 Å². The summed E-state index contributed by atoms with van der Waals surface area (Å²) in [6.07, 6.45) is 0. The molecule has 0 fully saturated rings. The molecule has 0 saturated carbocycles. The molecule has 0 heterocycles. The Morgan fingerprint density at radius 1 is 1.14 bits per heavy atom. The maximum absolute atomic E-state index is 12.5. The van der Waals surface area contributed by atoms with Crippen LogP contribution in [-0.2, 0) is 0 Å². The Morgan fingerprint density at radius 3 is 2.57 bits per heavy atom. The Hall–Kier alpha value is -1.81. The van der Waals surface area contributed by atoms with Gasteiger partial charge in [-0.05, 0) is 50.6 Å². The molecule has 0 aliphatic carbocycles. The summed E-state index contributed by atoms with van der Waals surface area (Å²) >= 11 is 3.48. The average molecular weight is 347 g/mol. The van der Waals surface area contributed by atoms with Gasteiger partial charge in [-0.2, -0.15) is 0 Å². The molecule has 2 N–H and O–H groups in total. The van der Waals surface area contributed by atoms with Gasteiger partial charge in [0.2, 0.25) is 0 Å². The van der Waals surface area contributed by atoms with Crippen molar-refractivity contribution in [2.24, 2.45) is 0 Å². The van der Waals surface area contributed by atoms with E-state index in [0.29, 0.717) is 5.56 Å². The number of aryl methyl sites for hydroxylation is 2. The Bertz CT molecular complexity index is 668. The zero-order chi connectivity index (χ0) is 15.4. The van der Waals surface area contributed by atoms with Crippen molar-refractivity contribution in [1.29, 1.82) is 0 Å². The summed E-state index contributed by atoms with van der Waals surface area (Å²) in [5.41, 5.74) is 4.49. The van der Waals surface area contributed by atoms with Crippen molar-refractivity contribution in [3.8, 4) is 0 Å². The lowest BCUT2D eigenvalue weighted by atomic mass is 10.1. The van der Waals surface area contributed by atoms with Gasteiger partial charge in [0.05, 0.1) is 5.56 Å². The highest BCUT2D eigenvalue weighted by Gasteiger charge is 2.12. The van der Waals surface area contributed by atoms with Crippen LogP contribution in [0.5, 0.6) is 0 Å². The van der Waals surface area contributed by atoms with Crippen molar-refractivity contribution in [3.63, 3.8) is 0 Å². The Kier molecular flexibility index (Phi) is 5.02. The molecular formula is C17H19BrN2O. The Morgan fingerprint density at radius 2 is 1.90 bits per heavy atom. The first-order valence-corrected chi connectivity index (χ1v) is 7.72. The highest BCUT2D eigenvalue weighted by atomic mass is 79.9. The van der Waals surface area contributed by atoms with Crippen molar-refractivity contribution in [3.05, 3.63) is 57.6 Å². The number of anilines is 2. The molecule has 3 nitrogen and oxygen atoms in total. The minimum Gasteiger partial charge on any atom is -0.385 e. The van der Waals surface area contributed by atoms with Gasteiger partial charge in [0, 0.05) is 22.4 Å². The van der Waals surface area contributed by atoms with E-state index in [4.69, 9.17) is 0 Å². The maximum atomic E-state index is 12.5. The molecule has 0 atom stereocenters. The predicted molar refractivity (Wildman–Crippen MR) is 92.2 cm³/mol. The van der Waals surface area contributed by atoms with Gasteiger partial charge in [0.1, 0.15) is 0 Å². The van der Waals surface area contributed by atoms with Crippen LogP contribution in [-0.4, -0.2) is 12.5 Å². The molecule has 110 valence electrons. The van der Waals surface area contributed by atoms with E-state index in [-0.39, 0.29) is 5.91 Å². The Balaban J connectivity index is 2.27. The van der Waals surface area contributed by atoms with Crippen LogP contribution in [0.1, 0.15) is 28.4 Å². The number of halogens is 1. The molecule has 0 radical (unpaired) electrons. The molecule has 1 amide bonds. The first kappa shape index (κ1) is 15.6. The van der Waals surface area contributed by atoms with Crippen molar-refractivity contribution in [1.82, 2.24) is 0 Å². The lowest BCUT2D eigenvalue weighted by Crippen LogP contribution is -2.15. The predicted octanol–water partition coefficient (Wildman–Crippen LogP) is 4.75. The van der Waals surface area contributed by atoms with Crippen LogP contribution in [0.25, 0.3) is 0 Å². The first-order chi connectivity index (χ1) is 10.0. The second kappa shape index (κ2) is 6.76. The Labute approximate surface area is 133 Å². The second-order valence-corrected chi connectivity index (χ2v) is 5.85. The highest BCUT2D eigenvalue weighted by Crippen LogP contribution is 2.23. The maximum Gasteiger partial charge on any atom is 0.257 e. The van der Waals surface area contributed by atoms with Gasteiger partial charge in [0.15, 0.2) is 0 Å². The molecule has 0 saturated heterocycles. The van der Waals surface area contributed by atoms with E-state index in [1.54, 1.807) is 0 Å². The van der Waals surface area contributed by atoms with Gasteiger partial charge in [-0.15, -0.1) is 0 Å². The molecule has 4 heteroatoms. The number of amides is 1. The largest absolute Gasteiger partial charge is 0.385 e. The molecule has 0 aromatic heterocycles. The van der Waals surface area contributed by atoms with Gasteiger partial charge in [-0.1, -0.05) is 33.6 Å². The zero-order valence-corrected chi connectivity index (χ0v) is 14.0. The molecule has 2 aromatic rings. The average Bonchev–Trinajstić information content (AvgIpc) is 2.45. The lowest BCUT2D eigenvalue weighted by molar-refractivity contribution is 0.102. The van der Waals surface area contributed by atoms with Crippen LogP contribution in [0.2, 0.25) is 0 Å². The SMILES string of the molecule is CCNc1ccc(C)cc1C(=O)Nc1ccc(C)c(Br)c1. The molecule has 2 aromatic carbocycles. The molecule has 0 unspecified atom stereocenters. The fraction of sp³-hybridized carbons (Fsp3) is 0.235. The number of hydrogen-bond acceptors (Lipinski definition) is 2. The van der Waals surface area contributed by atoms with Crippen molar-refractivity contribution in [2.45, 2.75) is 20.8 Å². The summed E-state index contributed by atoms with van der Waals surface area (Å²) in [6, 6.07) is 11.6. The number of carbonyl (C=O) groups excluding carboxylic acids is 1. The fourth-order valence-electron chi connectivity index (χ4n) is 2.06. The van der Waals surface area contributed by atoms with E-state index >= 15 is 0 Å². The third-order valence-corrected chi connectivity index (χ3v) is 4.07. The minimum absolute atomic E-state index is 0.106. The normalized spacial score (nSPS) is 10.3. The molecule has 21 heavy (non-hydrogen) atoms. The van der Waals surface area contributed by atoms with E-state index < -0.39 is 0 Å². The van der Waals surface area contributed by atoms with E-state index in [9.17, 15) is 4.79 Å². The van der Waals surface area contributed by atoms with Gasteiger partial charge in [0.25, 0.3) is 5.91 Å². The molecule has 0 aliphatic rings. The van der Waals surface area contributed by atoms with E-state index in [0.717, 1.165) is 33.5 Å². The van der Waals surface area contributed by atoms with E-state index in [1.165, 1.54) is 0 Å². The number of hydrogen-bond donors (Lipinski definition) is 2. The van der Waals surface area contributed by atoms with Gasteiger partial charge in [-0.3, -0.25) is 4.79 Å². The van der Waals surface area contributed by atoms with Gasteiger partial charge >= 0.3 is 0 Å². The molecule has 0 spiro atoms. The summed E-state index contributed by atoms with van der Waals surface area (Å²) in [5, 5.41) is 6.16. The standard InChI is InChI=1S/C17H19BrN2O/c1-4-19-16-8-5-11(2)9-14(16)17(21)20-13-7-6-12(3)15(18)10-13/h5-10,19H,4H2,1-3H3,(H,20,21). The van der Waals surface area contributed by atoms with Crippen molar-refractivity contribution < 1.29 is 4.79 Å². The number of rotatable bonds is 4. The summed E-state index contributed by atoms with van der Waals surface area (Å²) in [7, 11) is 0. The van der Waals surface area contributed by atoms with E-state index in [1.807, 2.05) is 57.2 Å². The zero-order valence-electron chi connectivity index (χ0n) is 12.5. The quantitative estimate of drug-likeness (QED) is 0.838. The topological polar surface area (TPSA) is 41.1 Å². The molecule has 0 bridgehead atoms. The molecular weight excluding hydrogens is 328 g/mol. The van der Waals surface area contributed by atoms with Crippen LogP contribution in [0.15, 0.2) is 40.9 Å². The van der Waals surface area contributed by atoms with Gasteiger partial charge < -0.3 is 10.6 Å². The summed E-state index contributed by atoms with van der Waals surface area (Å²) in [6.45, 7) is 6.78. The van der Waals surface area contributed by atoms with Gasteiger partial charge in [-0.25, -0.2) is 0 Å². The third-order valence-electron chi connectivity index (χ3n) is 3.22. The second-order valence-electron chi connectivity index (χ2n) is 5.00. The first-order valence-electron chi connectivity index (χ1n) is 6.93. The molecule has 0 aliphatic heterocycles. The van der Waals surface area contributed by atoms with Crippen LogP contribution < -0.4 is 10.6 Å². The number of nitrogens with one attached hydrogen (secondary N) is 2. The van der Waals surface area contributed by atoms with Crippen LogP contribution >= 0.6 is 15.9 Å². The number of carbonyl (C=O) groups is 1. The monoisotopic (exact) mass is 346 g/mol. The fourth-order valence-corrected chi connectivity index (χ4v) is 2.44. The third kappa shape index (κ3) is 3.85. The van der Waals surface area contributed by atoms with Crippen LogP contribution in [0.4, 0.5) is 11.4 Å². The van der Waals surface area contributed by atoms with E-state index in [2.05, 4.69) is 26.6 Å². The highest BCUT2D eigenvalue weighted by molar-refractivity contribution is 9.10. The lowest BCUT2D eigenvalue weighted by Gasteiger charge is -2.12. The minimum atomic E-state index is -0.106. The molecule has 2 rings (SSSR count). The summed E-state index contributed by atoms with van der Waals surface area (Å²) < 4.78 is 0.983. The van der Waals surface area contributed by atoms with Crippen molar-refractivity contribution in [2.75, 3.05) is 17.2 Å². The smallest absolute Gasteiger partial charge is 0.257 e. The summed E-state index contributed by atoms with van der Waals surface area (Å²) in [5.74, 6) is -0.106.